The van der Waals surface area contributed by atoms with Gasteiger partial charge < -0.3 is 0 Å². The Hall–Kier alpha value is -6.88. The summed E-state index contributed by atoms with van der Waals surface area (Å²) in [4.78, 5) is 10.6. The van der Waals surface area contributed by atoms with Crippen LogP contribution in [0.15, 0.2) is 139 Å². The highest BCUT2D eigenvalue weighted by molar-refractivity contribution is 6.05. The van der Waals surface area contributed by atoms with Crippen LogP contribution in [0.3, 0.4) is 0 Å². The van der Waals surface area contributed by atoms with Crippen LogP contribution >= 0.6 is 0 Å². The molecule has 0 aliphatic heterocycles. The average Bonchev–Trinajstić information content (AvgIpc) is 3.61. The molecule has 0 unspecified atom stereocenters. The summed E-state index contributed by atoms with van der Waals surface area (Å²) in [7, 11) is 0. The van der Waals surface area contributed by atoms with Gasteiger partial charge in [0.05, 0.1) is 34.5 Å². The molecule has 1 aromatic heterocycles. The number of benzene rings is 6. The van der Waals surface area contributed by atoms with Crippen LogP contribution < -0.4 is 0 Å². The lowest BCUT2D eigenvalue weighted by atomic mass is 9.78. The van der Waals surface area contributed by atoms with Gasteiger partial charge in [0.25, 0.3) is 0 Å². The fourth-order valence-electron chi connectivity index (χ4n) is 9.51. The minimum atomic E-state index is -0.146. The first kappa shape index (κ1) is 33.7. The fraction of sp³-hybridized carbons (Fsp3) is 0.154. The predicted octanol–water partition coefficient (Wildman–Crippen LogP) is 12.7. The lowest BCUT2D eigenvalue weighted by Gasteiger charge is -2.26. The quantitative estimate of drug-likeness (QED) is 0.182. The summed E-state index contributed by atoms with van der Waals surface area (Å²) in [5.41, 5.74) is 19.1. The molecule has 7 aromatic rings. The van der Waals surface area contributed by atoms with Crippen molar-refractivity contribution in [1.29, 1.82) is 10.5 Å². The molecule has 0 bridgehead atoms. The molecule has 6 aromatic carbocycles. The van der Waals surface area contributed by atoms with Crippen molar-refractivity contribution in [3.05, 3.63) is 172 Å². The number of hydrogen-bond donors (Lipinski definition) is 0. The Balaban J connectivity index is 1.27. The Bertz CT molecular complexity index is 3000. The largest absolute Gasteiger partial charge is 0.227 e. The van der Waals surface area contributed by atoms with Crippen LogP contribution in [0.4, 0.5) is 0 Å². The van der Waals surface area contributed by atoms with Crippen molar-refractivity contribution in [2.45, 2.75) is 51.4 Å². The van der Waals surface area contributed by atoms with E-state index in [1.165, 1.54) is 44.5 Å². The second-order valence-corrected chi connectivity index (χ2v) is 16.4. The molecule has 56 heavy (non-hydrogen) atoms. The molecule has 0 radical (unpaired) electrons. The average molecular weight is 719 g/mol. The molecule has 1 heterocycles. The first-order valence-electron chi connectivity index (χ1n) is 19.3. The van der Waals surface area contributed by atoms with E-state index in [-0.39, 0.29) is 10.8 Å². The van der Waals surface area contributed by atoms with E-state index in [1.807, 2.05) is 42.5 Å². The van der Waals surface area contributed by atoms with Crippen molar-refractivity contribution in [2.24, 2.45) is 0 Å². The highest BCUT2D eigenvalue weighted by Crippen LogP contribution is 2.52. The molecular weight excluding hydrogens is 681 g/mol. The monoisotopic (exact) mass is 718 g/mol. The van der Waals surface area contributed by atoms with E-state index in [2.05, 4.69) is 125 Å². The van der Waals surface area contributed by atoms with Crippen LogP contribution in [0.5, 0.6) is 0 Å². The van der Waals surface area contributed by atoms with E-state index in [4.69, 9.17) is 9.97 Å². The number of nitriles is 2. The number of hydrogen-bond acceptors (Lipinski definition) is 4. The SMILES string of the molecule is CC1(C)C2=C(C=CCC2)c2ccc(-c3cc(-c4ccc5c(c4)C(C)(C)c4ccccc4-5)cc4c(-c5cccc(C#N)c5)nc(-c5cccc(C#N)c5)nc34)cc21. The van der Waals surface area contributed by atoms with E-state index in [1.54, 1.807) is 6.07 Å². The Labute approximate surface area is 327 Å². The van der Waals surface area contributed by atoms with Gasteiger partial charge in [-0.25, -0.2) is 9.97 Å². The molecule has 0 spiro atoms. The third kappa shape index (κ3) is 5.03. The van der Waals surface area contributed by atoms with Gasteiger partial charge in [0.15, 0.2) is 5.82 Å². The lowest BCUT2D eigenvalue weighted by molar-refractivity contribution is 0.607. The minimum Gasteiger partial charge on any atom is -0.227 e. The summed E-state index contributed by atoms with van der Waals surface area (Å²) in [6.07, 6.45) is 6.75. The smallest absolute Gasteiger partial charge is 0.160 e. The van der Waals surface area contributed by atoms with Crippen LogP contribution in [-0.4, -0.2) is 9.97 Å². The van der Waals surface area contributed by atoms with Gasteiger partial charge in [-0.05, 0) is 117 Å². The number of aromatic nitrogens is 2. The number of allylic oxidation sites excluding steroid dienone is 4. The molecule has 4 heteroatoms. The van der Waals surface area contributed by atoms with Gasteiger partial charge in [-0.1, -0.05) is 118 Å². The van der Waals surface area contributed by atoms with E-state index in [0.717, 1.165) is 62.8 Å². The van der Waals surface area contributed by atoms with Crippen LogP contribution in [0.1, 0.15) is 73.9 Å². The number of fused-ring (bicyclic) bond motifs is 6. The van der Waals surface area contributed by atoms with Crippen LogP contribution in [0.25, 0.3) is 72.5 Å². The van der Waals surface area contributed by atoms with Gasteiger partial charge >= 0.3 is 0 Å². The standard InChI is InChI=1S/C52H38N4/c1-51(2)44-17-7-5-15-38(44)40-21-19-33(27-46(40)51)37-25-42(34-20-22-41-39-16-6-8-18-45(39)52(3,4)47(41)28-34)49-43(26-37)48(35-13-9-11-31(23-35)29-53)55-50(56-49)36-14-10-12-32(24-36)30-54/h5-7,9-17,19-28H,8,18H2,1-4H3. The molecule has 0 fully saturated rings. The zero-order valence-corrected chi connectivity index (χ0v) is 31.9. The van der Waals surface area contributed by atoms with Gasteiger partial charge in [-0.15, -0.1) is 0 Å². The number of nitrogens with zero attached hydrogens (tertiary/aromatic N) is 4. The molecule has 3 aliphatic rings. The van der Waals surface area contributed by atoms with Crippen molar-refractivity contribution in [1.82, 2.24) is 9.97 Å². The summed E-state index contributed by atoms with van der Waals surface area (Å²) < 4.78 is 0. The van der Waals surface area contributed by atoms with Crippen molar-refractivity contribution in [3.8, 4) is 68.2 Å². The zero-order valence-electron chi connectivity index (χ0n) is 31.9. The van der Waals surface area contributed by atoms with Crippen LogP contribution in [0.2, 0.25) is 0 Å². The summed E-state index contributed by atoms with van der Waals surface area (Å²) in [6, 6.07) is 46.8. The molecule has 0 atom stereocenters. The summed E-state index contributed by atoms with van der Waals surface area (Å²) in [6.45, 7) is 9.36. The Morgan fingerprint density at radius 3 is 2.02 bits per heavy atom. The molecule has 0 saturated heterocycles. The van der Waals surface area contributed by atoms with Gasteiger partial charge in [0.1, 0.15) is 0 Å². The Morgan fingerprint density at radius 2 is 1.21 bits per heavy atom. The first-order valence-corrected chi connectivity index (χ1v) is 19.3. The summed E-state index contributed by atoms with van der Waals surface area (Å²) in [5.74, 6) is 0.529. The molecule has 0 amide bonds. The van der Waals surface area contributed by atoms with E-state index in [9.17, 15) is 10.5 Å². The van der Waals surface area contributed by atoms with Gasteiger partial charge in [0.2, 0.25) is 0 Å². The summed E-state index contributed by atoms with van der Waals surface area (Å²) >= 11 is 0. The Kier molecular flexibility index (Phi) is 7.41. The maximum atomic E-state index is 9.96. The molecule has 0 N–H and O–H groups in total. The number of rotatable bonds is 4. The predicted molar refractivity (Wildman–Crippen MR) is 227 cm³/mol. The van der Waals surface area contributed by atoms with Gasteiger partial charge in [0, 0.05) is 32.9 Å². The minimum absolute atomic E-state index is 0.0970. The summed E-state index contributed by atoms with van der Waals surface area (Å²) in [5, 5.41) is 20.7. The van der Waals surface area contributed by atoms with Crippen molar-refractivity contribution < 1.29 is 0 Å². The van der Waals surface area contributed by atoms with Crippen molar-refractivity contribution >= 4 is 16.5 Å². The van der Waals surface area contributed by atoms with Crippen molar-refractivity contribution in [2.75, 3.05) is 0 Å². The molecule has 10 rings (SSSR count). The third-order valence-electron chi connectivity index (χ3n) is 12.5. The molecular formula is C52H38N4. The lowest BCUT2D eigenvalue weighted by Crippen LogP contribution is -2.17. The first-order chi connectivity index (χ1) is 27.1. The zero-order chi connectivity index (χ0) is 38.3. The fourth-order valence-corrected chi connectivity index (χ4v) is 9.51. The van der Waals surface area contributed by atoms with Gasteiger partial charge in [-0.2, -0.15) is 10.5 Å². The third-order valence-corrected chi connectivity index (χ3v) is 12.5. The van der Waals surface area contributed by atoms with Crippen LogP contribution in [-0.2, 0) is 10.8 Å². The van der Waals surface area contributed by atoms with E-state index < -0.39 is 0 Å². The normalized spacial score (nSPS) is 15.5. The second-order valence-electron chi connectivity index (χ2n) is 16.4. The maximum Gasteiger partial charge on any atom is 0.160 e. The Morgan fingerprint density at radius 1 is 0.536 bits per heavy atom. The highest BCUT2D eigenvalue weighted by atomic mass is 14.9. The second kappa shape index (κ2) is 12.3. The molecule has 266 valence electrons. The topological polar surface area (TPSA) is 73.4 Å². The molecule has 3 aliphatic carbocycles. The highest BCUT2D eigenvalue weighted by Gasteiger charge is 2.38. The molecule has 4 nitrogen and oxygen atoms in total. The maximum absolute atomic E-state index is 9.96. The van der Waals surface area contributed by atoms with Crippen molar-refractivity contribution in [3.63, 3.8) is 0 Å². The molecule has 0 saturated carbocycles. The van der Waals surface area contributed by atoms with Gasteiger partial charge in [-0.3, -0.25) is 0 Å². The van der Waals surface area contributed by atoms with Crippen LogP contribution in [0, 0.1) is 22.7 Å². The van der Waals surface area contributed by atoms with E-state index in [0.29, 0.717) is 17.0 Å². The van der Waals surface area contributed by atoms with E-state index >= 15 is 0 Å².